The summed E-state index contributed by atoms with van der Waals surface area (Å²) in [6.07, 6.45) is 3.54. The average Bonchev–Trinajstić information content (AvgIpc) is 2.77. The maximum Gasteiger partial charge on any atom is 0.320 e. The van der Waals surface area contributed by atoms with Crippen molar-refractivity contribution >= 4 is 46.5 Å². The maximum absolute atomic E-state index is 13.7. The van der Waals surface area contributed by atoms with Crippen LogP contribution in [0.15, 0.2) is 95.7 Å². The van der Waals surface area contributed by atoms with Crippen molar-refractivity contribution in [3.8, 4) is 0 Å². The summed E-state index contributed by atoms with van der Waals surface area (Å²) in [6.45, 7) is 1.71. The van der Waals surface area contributed by atoms with Gasteiger partial charge in [0.1, 0.15) is 11.4 Å². The lowest BCUT2D eigenvalue weighted by Gasteiger charge is -2.36. The van der Waals surface area contributed by atoms with Gasteiger partial charge in [-0.3, -0.25) is 0 Å². The number of allylic oxidation sites excluding steroid dienone is 3. The van der Waals surface area contributed by atoms with Crippen LogP contribution in [0.5, 0.6) is 0 Å². The van der Waals surface area contributed by atoms with E-state index >= 15 is 0 Å². The van der Waals surface area contributed by atoms with Gasteiger partial charge in [0.15, 0.2) is 0 Å². The molecule has 176 valence electrons. The van der Waals surface area contributed by atoms with Crippen molar-refractivity contribution in [3.05, 3.63) is 123 Å². The molecule has 3 aromatic rings. The molecule has 0 radical (unpaired) electrons. The van der Waals surface area contributed by atoms with E-state index in [0.29, 0.717) is 26.3 Å². The Morgan fingerprint density at radius 3 is 2.29 bits per heavy atom. The van der Waals surface area contributed by atoms with Gasteiger partial charge in [-0.05, 0) is 66.6 Å². The summed E-state index contributed by atoms with van der Waals surface area (Å²) in [4.78, 5) is 13.2. The summed E-state index contributed by atoms with van der Waals surface area (Å²) in [7, 11) is 0. The number of hydrogen-bond acceptors (Lipinski definition) is 2. The molecule has 0 fully saturated rings. The van der Waals surface area contributed by atoms with Crippen LogP contribution in [-0.2, 0) is 12.0 Å². The Morgan fingerprint density at radius 2 is 1.68 bits per heavy atom. The molecule has 0 aliphatic heterocycles. The SMILES string of the molecule is C/C(Cl)=C\C=C(/N)C(Cc1ccccc1)(NC(=O)Nc1cccc(F)c1)c1cc(Cl)cc(Cl)c1. The van der Waals surface area contributed by atoms with E-state index in [9.17, 15) is 9.18 Å². The fourth-order valence-corrected chi connectivity index (χ4v) is 4.12. The predicted molar refractivity (Wildman–Crippen MR) is 139 cm³/mol. The minimum atomic E-state index is -1.27. The van der Waals surface area contributed by atoms with Gasteiger partial charge in [0.05, 0.1) is 0 Å². The van der Waals surface area contributed by atoms with Crippen molar-refractivity contribution in [1.29, 1.82) is 0 Å². The molecule has 4 nitrogen and oxygen atoms in total. The molecule has 34 heavy (non-hydrogen) atoms. The van der Waals surface area contributed by atoms with E-state index in [0.717, 1.165) is 5.56 Å². The number of anilines is 1. The number of nitrogens with one attached hydrogen (secondary N) is 2. The average molecular weight is 519 g/mol. The van der Waals surface area contributed by atoms with Crippen LogP contribution in [0.1, 0.15) is 18.1 Å². The van der Waals surface area contributed by atoms with E-state index in [2.05, 4.69) is 10.6 Å². The van der Waals surface area contributed by atoms with Crippen molar-refractivity contribution in [1.82, 2.24) is 5.32 Å². The van der Waals surface area contributed by atoms with Crippen molar-refractivity contribution in [2.75, 3.05) is 5.32 Å². The largest absolute Gasteiger partial charge is 0.400 e. The molecule has 3 aromatic carbocycles. The number of benzene rings is 3. The summed E-state index contributed by atoms with van der Waals surface area (Å²) in [5.74, 6) is -0.475. The molecule has 3 rings (SSSR count). The number of urea groups is 1. The Labute approximate surface area is 213 Å². The van der Waals surface area contributed by atoms with Gasteiger partial charge in [0.2, 0.25) is 0 Å². The molecule has 0 spiro atoms. The highest BCUT2D eigenvalue weighted by Gasteiger charge is 2.38. The van der Waals surface area contributed by atoms with Crippen molar-refractivity contribution in [2.24, 2.45) is 5.73 Å². The van der Waals surface area contributed by atoms with E-state index in [1.54, 1.807) is 43.3 Å². The first kappa shape index (κ1) is 25.6. The highest BCUT2D eigenvalue weighted by Crippen LogP contribution is 2.35. The van der Waals surface area contributed by atoms with Crippen LogP contribution >= 0.6 is 34.8 Å². The zero-order valence-corrected chi connectivity index (χ0v) is 20.6. The summed E-state index contributed by atoms with van der Waals surface area (Å²) >= 11 is 18.7. The van der Waals surface area contributed by atoms with Gasteiger partial charge in [0, 0.05) is 32.9 Å². The molecule has 0 aliphatic rings. The highest BCUT2D eigenvalue weighted by molar-refractivity contribution is 6.34. The number of hydrogen-bond donors (Lipinski definition) is 3. The smallest absolute Gasteiger partial charge is 0.320 e. The monoisotopic (exact) mass is 517 g/mol. The summed E-state index contributed by atoms with van der Waals surface area (Å²) < 4.78 is 13.7. The van der Waals surface area contributed by atoms with Crippen LogP contribution in [0.3, 0.4) is 0 Å². The van der Waals surface area contributed by atoms with Crippen LogP contribution in [0.25, 0.3) is 0 Å². The zero-order valence-electron chi connectivity index (χ0n) is 18.3. The number of nitrogens with two attached hydrogens (primary N) is 1. The minimum absolute atomic E-state index is 0.276. The van der Waals surface area contributed by atoms with Gasteiger partial charge in [0.25, 0.3) is 0 Å². The van der Waals surface area contributed by atoms with Gasteiger partial charge >= 0.3 is 6.03 Å². The Morgan fingerprint density at radius 1 is 1.00 bits per heavy atom. The third-order valence-electron chi connectivity index (χ3n) is 5.06. The van der Waals surface area contributed by atoms with Crippen LogP contribution in [0.2, 0.25) is 10.0 Å². The quantitative estimate of drug-likeness (QED) is 0.286. The Balaban J connectivity index is 2.15. The number of carbonyl (C=O) groups excluding carboxylic acids is 1. The Kier molecular flexibility index (Phi) is 8.61. The number of rotatable bonds is 7. The fourth-order valence-electron chi connectivity index (χ4n) is 3.53. The second-order valence-electron chi connectivity index (χ2n) is 7.69. The minimum Gasteiger partial charge on any atom is -0.400 e. The van der Waals surface area contributed by atoms with Crippen molar-refractivity contribution in [2.45, 2.75) is 18.9 Å². The maximum atomic E-state index is 13.7. The number of amides is 2. The topological polar surface area (TPSA) is 67.1 Å². The van der Waals surface area contributed by atoms with E-state index in [4.69, 9.17) is 40.5 Å². The summed E-state index contributed by atoms with van der Waals surface area (Å²) in [5, 5.41) is 6.91. The lowest BCUT2D eigenvalue weighted by Crippen LogP contribution is -2.52. The first-order valence-corrected chi connectivity index (χ1v) is 11.5. The van der Waals surface area contributed by atoms with Gasteiger partial charge in [-0.2, -0.15) is 0 Å². The number of carbonyl (C=O) groups is 1. The molecular formula is C26H23Cl3FN3O. The molecule has 0 heterocycles. The molecule has 1 atom stereocenters. The molecular weight excluding hydrogens is 496 g/mol. The van der Waals surface area contributed by atoms with Gasteiger partial charge < -0.3 is 16.4 Å². The van der Waals surface area contributed by atoms with Crippen molar-refractivity contribution < 1.29 is 9.18 Å². The van der Waals surface area contributed by atoms with Gasteiger partial charge in [-0.15, -0.1) is 0 Å². The molecule has 0 saturated carbocycles. The van der Waals surface area contributed by atoms with E-state index in [1.807, 2.05) is 30.3 Å². The second-order valence-corrected chi connectivity index (χ2v) is 9.16. The highest BCUT2D eigenvalue weighted by atomic mass is 35.5. The standard InChI is InChI=1S/C26H23Cl3FN3O/c1-17(27)10-11-24(31)26(16-18-6-3-2-4-7-18,19-12-20(28)14-21(29)13-19)33-25(34)32-23-9-5-8-22(30)15-23/h2-15H,16,31H2,1H3,(H2,32,33,34)/b17-10+,24-11-. The van der Waals surface area contributed by atoms with Crippen LogP contribution < -0.4 is 16.4 Å². The normalized spacial score (nSPS) is 13.8. The molecule has 0 aliphatic carbocycles. The third-order valence-corrected chi connectivity index (χ3v) is 5.62. The Hall–Kier alpha value is -2.99. The van der Waals surface area contributed by atoms with Gasteiger partial charge in [-0.1, -0.05) is 71.2 Å². The molecule has 1 unspecified atom stereocenters. The van der Waals surface area contributed by atoms with Crippen molar-refractivity contribution in [3.63, 3.8) is 0 Å². The lowest BCUT2D eigenvalue weighted by molar-refractivity contribution is 0.241. The second kappa shape index (κ2) is 11.4. The molecule has 0 aromatic heterocycles. The van der Waals surface area contributed by atoms with Gasteiger partial charge in [-0.25, -0.2) is 9.18 Å². The third kappa shape index (κ3) is 6.76. The first-order valence-electron chi connectivity index (χ1n) is 10.3. The Bertz CT molecular complexity index is 1210. The molecule has 0 saturated heterocycles. The van der Waals surface area contributed by atoms with E-state index in [-0.39, 0.29) is 12.1 Å². The van der Waals surface area contributed by atoms with E-state index in [1.165, 1.54) is 18.2 Å². The zero-order chi connectivity index (χ0) is 24.7. The predicted octanol–water partition coefficient (Wildman–Crippen LogP) is 7.38. The molecule has 0 bridgehead atoms. The summed E-state index contributed by atoms with van der Waals surface area (Å²) in [5.41, 5.74) is 7.39. The lowest BCUT2D eigenvalue weighted by atomic mass is 9.80. The van der Waals surface area contributed by atoms with Crippen LogP contribution in [0, 0.1) is 5.82 Å². The fraction of sp³-hybridized carbons (Fsp3) is 0.115. The summed E-state index contributed by atoms with van der Waals surface area (Å²) in [6, 6.07) is 19.5. The molecule has 4 N–H and O–H groups in total. The van der Waals surface area contributed by atoms with Crippen LogP contribution in [-0.4, -0.2) is 6.03 Å². The molecule has 8 heteroatoms. The van der Waals surface area contributed by atoms with Crippen LogP contribution in [0.4, 0.5) is 14.9 Å². The number of halogens is 4. The molecule has 2 amide bonds. The first-order chi connectivity index (χ1) is 16.2. The van der Waals surface area contributed by atoms with E-state index < -0.39 is 17.4 Å².